The lowest BCUT2D eigenvalue weighted by Crippen LogP contribution is -2.61. The van der Waals surface area contributed by atoms with Crippen LogP contribution in [0.25, 0.3) is 0 Å². The number of amides is 4. The number of fused-ring (bicyclic) bond motifs is 1. The number of carbonyl (C=O) groups is 4. The van der Waals surface area contributed by atoms with Gasteiger partial charge < -0.3 is 25.6 Å². The van der Waals surface area contributed by atoms with Crippen molar-refractivity contribution in [3.63, 3.8) is 0 Å². The third-order valence-corrected chi connectivity index (χ3v) is 8.42. The van der Waals surface area contributed by atoms with Gasteiger partial charge in [0.25, 0.3) is 0 Å². The summed E-state index contributed by atoms with van der Waals surface area (Å²) in [5, 5.41) is 16.5. The molecule has 4 rings (SSSR count). The topological polar surface area (TPSA) is 141 Å². The quantitative estimate of drug-likeness (QED) is 0.290. The normalized spacial score (nSPS) is 28.9. The van der Waals surface area contributed by atoms with E-state index in [4.69, 9.17) is 16.3 Å². The number of likely N-dealkylation sites (tertiary alicyclic amines) is 1. The maximum Gasteiger partial charge on any atom is 0.471 e. The molecule has 222 valence electrons. The maximum atomic E-state index is 13.7. The van der Waals surface area contributed by atoms with Crippen LogP contribution in [0, 0.1) is 34.9 Å². The Morgan fingerprint density at radius 1 is 1.27 bits per heavy atom. The summed E-state index contributed by atoms with van der Waals surface area (Å²) in [6, 6.07) is 2.20. The SMILES string of the molecule is C[C@H](Oc1ccc(F)cc1)[C@H](NC(=O)C(F)(F)F)C(=O)N1C[C@H]2[C@@H]([C@H]1C(=O)N[C@H](C#N)C[C@@H]1CCNC1=O)C2(C)Cl. The summed E-state index contributed by atoms with van der Waals surface area (Å²) in [6.45, 7) is 3.27. The van der Waals surface area contributed by atoms with Crippen LogP contribution in [0.2, 0.25) is 0 Å². The molecule has 1 aromatic carbocycles. The number of nitrogens with zero attached hydrogens (tertiary/aromatic N) is 2. The van der Waals surface area contributed by atoms with Crippen LogP contribution < -0.4 is 20.7 Å². The van der Waals surface area contributed by atoms with Crippen molar-refractivity contribution in [2.24, 2.45) is 17.8 Å². The van der Waals surface area contributed by atoms with Crippen LogP contribution >= 0.6 is 11.6 Å². The Morgan fingerprint density at radius 2 is 1.93 bits per heavy atom. The van der Waals surface area contributed by atoms with E-state index in [-0.39, 0.29) is 30.5 Å². The summed E-state index contributed by atoms with van der Waals surface area (Å²) in [5.74, 6) is -6.43. The molecule has 15 heteroatoms. The van der Waals surface area contributed by atoms with Gasteiger partial charge >= 0.3 is 12.1 Å². The molecule has 3 aliphatic rings. The fourth-order valence-electron chi connectivity index (χ4n) is 5.61. The van der Waals surface area contributed by atoms with Gasteiger partial charge in [-0.1, -0.05) is 0 Å². The molecule has 2 aliphatic heterocycles. The molecule has 3 fully saturated rings. The zero-order valence-electron chi connectivity index (χ0n) is 22.0. The minimum absolute atomic E-state index is 0.0256. The van der Waals surface area contributed by atoms with Crippen LogP contribution in [0.15, 0.2) is 24.3 Å². The van der Waals surface area contributed by atoms with E-state index < -0.39 is 70.7 Å². The van der Waals surface area contributed by atoms with Crippen LogP contribution in [-0.4, -0.2) is 76.9 Å². The van der Waals surface area contributed by atoms with Gasteiger partial charge in [0.05, 0.1) is 10.9 Å². The van der Waals surface area contributed by atoms with E-state index >= 15 is 0 Å². The first-order chi connectivity index (χ1) is 19.1. The second kappa shape index (κ2) is 11.3. The lowest BCUT2D eigenvalue weighted by molar-refractivity contribution is -0.176. The van der Waals surface area contributed by atoms with Crippen molar-refractivity contribution in [2.45, 2.75) is 62.0 Å². The van der Waals surface area contributed by atoms with Gasteiger partial charge in [-0.15, -0.1) is 11.6 Å². The molecule has 0 spiro atoms. The number of ether oxygens (including phenoxy) is 1. The van der Waals surface area contributed by atoms with Crippen LogP contribution in [0.4, 0.5) is 17.6 Å². The minimum Gasteiger partial charge on any atom is -0.488 e. The standard InChI is InChI=1S/C26H28ClF4N5O5/c1-12(41-16-5-3-14(28)4-6-16)19(35-24(40)26(29,30)31)23(39)36-11-17-18(25(17,2)27)20(36)22(38)34-15(10-32)9-13-7-8-33-21(13)37/h3-6,12-13,15,17-20H,7-9,11H2,1-2H3,(H,33,37)(H,34,38)(H,35,40)/t12-,13-,15-,17-,18-,19-,20-,25?/m0/s1. The molecule has 1 aliphatic carbocycles. The molecule has 0 radical (unpaired) electrons. The van der Waals surface area contributed by atoms with Crippen molar-refractivity contribution >= 4 is 35.2 Å². The highest BCUT2D eigenvalue weighted by Gasteiger charge is 2.72. The fraction of sp³-hybridized carbons (Fsp3) is 0.577. The van der Waals surface area contributed by atoms with E-state index in [1.54, 1.807) is 12.2 Å². The summed E-state index contributed by atoms with van der Waals surface area (Å²) in [7, 11) is 0. The molecule has 8 atom stereocenters. The van der Waals surface area contributed by atoms with Crippen LogP contribution in [0.5, 0.6) is 5.75 Å². The summed E-state index contributed by atoms with van der Waals surface area (Å²) in [6.07, 6.45) is -6.18. The van der Waals surface area contributed by atoms with Gasteiger partial charge in [-0.3, -0.25) is 19.2 Å². The molecule has 41 heavy (non-hydrogen) atoms. The van der Waals surface area contributed by atoms with Gasteiger partial charge in [0, 0.05) is 30.8 Å². The highest BCUT2D eigenvalue weighted by atomic mass is 35.5. The maximum absolute atomic E-state index is 13.7. The average Bonchev–Trinajstić information content (AvgIpc) is 3.25. The molecule has 0 bridgehead atoms. The van der Waals surface area contributed by atoms with Gasteiger partial charge in [-0.2, -0.15) is 18.4 Å². The second-order valence-corrected chi connectivity index (χ2v) is 11.5. The number of nitriles is 1. The second-order valence-electron chi connectivity index (χ2n) is 10.6. The van der Waals surface area contributed by atoms with Gasteiger partial charge in [0.1, 0.15) is 35.8 Å². The smallest absolute Gasteiger partial charge is 0.471 e. The largest absolute Gasteiger partial charge is 0.488 e. The van der Waals surface area contributed by atoms with Crippen molar-refractivity contribution in [1.82, 2.24) is 20.9 Å². The minimum atomic E-state index is -5.32. The van der Waals surface area contributed by atoms with Crippen LogP contribution in [0.3, 0.4) is 0 Å². The number of hydrogen-bond donors (Lipinski definition) is 3. The van der Waals surface area contributed by atoms with Crippen molar-refractivity contribution in [1.29, 1.82) is 5.26 Å². The van der Waals surface area contributed by atoms with Gasteiger partial charge in [-0.05, 0) is 51.0 Å². The number of nitrogens with one attached hydrogen (secondary N) is 3. The zero-order chi connectivity index (χ0) is 30.3. The number of carbonyl (C=O) groups excluding carboxylic acids is 4. The lowest BCUT2D eigenvalue weighted by atomic mass is 9.98. The van der Waals surface area contributed by atoms with E-state index in [1.807, 2.05) is 6.07 Å². The number of alkyl halides is 4. The highest BCUT2D eigenvalue weighted by Crippen LogP contribution is 2.62. The van der Waals surface area contributed by atoms with E-state index in [0.29, 0.717) is 13.0 Å². The van der Waals surface area contributed by atoms with E-state index in [2.05, 4.69) is 10.6 Å². The molecule has 2 saturated heterocycles. The van der Waals surface area contributed by atoms with Crippen LogP contribution in [0.1, 0.15) is 26.7 Å². The first-order valence-corrected chi connectivity index (χ1v) is 13.3. The number of piperidine rings is 1. The van der Waals surface area contributed by atoms with E-state index in [1.165, 1.54) is 19.1 Å². The molecular weight excluding hydrogens is 574 g/mol. The summed E-state index contributed by atoms with van der Waals surface area (Å²) in [4.78, 5) is 51.2. The predicted octanol–water partition coefficient (Wildman–Crippen LogP) is 1.63. The zero-order valence-corrected chi connectivity index (χ0v) is 22.8. The van der Waals surface area contributed by atoms with Gasteiger partial charge in [-0.25, -0.2) is 4.39 Å². The molecule has 0 aromatic heterocycles. The van der Waals surface area contributed by atoms with E-state index in [9.17, 15) is 42.0 Å². The molecule has 4 amide bonds. The number of hydrogen-bond acceptors (Lipinski definition) is 6. The molecule has 1 aromatic rings. The Labute approximate surface area is 237 Å². The third kappa shape index (κ3) is 6.34. The summed E-state index contributed by atoms with van der Waals surface area (Å²) >= 11 is 6.54. The summed E-state index contributed by atoms with van der Waals surface area (Å²) in [5.41, 5.74) is 0. The fourth-order valence-corrected chi connectivity index (χ4v) is 6.02. The first-order valence-electron chi connectivity index (χ1n) is 12.9. The predicted molar refractivity (Wildman–Crippen MR) is 134 cm³/mol. The average molecular weight is 602 g/mol. The monoisotopic (exact) mass is 601 g/mol. The molecule has 1 saturated carbocycles. The van der Waals surface area contributed by atoms with Crippen molar-refractivity contribution in [2.75, 3.05) is 13.1 Å². The van der Waals surface area contributed by atoms with Gasteiger partial charge in [0.15, 0.2) is 0 Å². The Balaban J connectivity index is 1.56. The number of rotatable bonds is 9. The molecular formula is C26H28ClF4N5O5. The molecule has 2 heterocycles. The van der Waals surface area contributed by atoms with E-state index in [0.717, 1.165) is 17.0 Å². The molecule has 3 N–H and O–H groups in total. The Hall–Kier alpha value is -3.60. The Morgan fingerprint density at radius 3 is 2.49 bits per heavy atom. The summed E-state index contributed by atoms with van der Waals surface area (Å²) < 4.78 is 58.4. The number of benzene rings is 1. The first kappa shape index (κ1) is 30.4. The van der Waals surface area contributed by atoms with Crippen LogP contribution in [-0.2, 0) is 19.2 Å². The van der Waals surface area contributed by atoms with Gasteiger partial charge in [0.2, 0.25) is 17.7 Å². The Kier molecular flexibility index (Phi) is 8.40. The van der Waals surface area contributed by atoms with Crippen molar-refractivity contribution < 1.29 is 41.5 Å². The van der Waals surface area contributed by atoms with Crippen molar-refractivity contribution in [3.05, 3.63) is 30.1 Å². The lowest BCUT2D eigenvalue weighted by Gasteiger charge is -2.35. The molecule has 10 nitrogen and oxygen atoms in total. The van der Waals surface area contributed by atoms with Crippen molar-refractivity contribution in [3.8, 4) is 11.8 Å². The highest BCUT2D eigenvalue weighted by molar-refractivity contribution is 6.27. The third-order valence-electron chi connectivity index (χ3n) is 7.89. The number of halogens is 5. The Bertz CT molecular complexity index is 1250. The molecule has 1 unspecified atom stereocenters.